The van der Waals surface area contributed by atoms with Gasteiger partial charge < -0.3 is 15.5 Å². The lowest BCUT2D eigenvalue weighted by Crippen LogP contribution is -2.43. The van der Waals surface area contributed by atoms with Gasteiger partial charge in [-0.25, -0.2) is 0 Å². The molecule has 4 nitrogen and oxygen atoms in total. The van der Waals surface area contributed by atoms with Gasteiger partial charge in [0.2, 0.25) is 0 Å². The lowest BCUT2D eigenvalue weighted by Gasteiger charge is -2.24. The summed E-state index contributed by atoms with van der Waals surface area (Å²) >= 11 is 2.07. The van der Waals surface area contributed by atoms with E-state index in [0.29, 0.717) is 4.75 Å². The Hall–Kier alpha value is -0.630. The molecule has 0 bridgehead atoms. The molecule has 1 atom stereocenters. The van der Waals surface area contributed by atoms with Crippen molar-refractivity contribution in [2.45, 2.75) is 38.0 Å². The van der Waals surface area contributed by atoms with E-state index >= 15 is 0 Å². The van der Waals surface area contributed by atoms with Crippen LogP contribution in [0.1, 0.15) is 30.9 Å². The summed E-state index contributed by atoms with van der Waals surface area (Å²) in [5.41, 5.74) is 3.84. The number of hydrogen-bond acceptors (Lipinski definition) is 3. The lowest BCUT2D eigenvalue weighted by atomic mass is 10.1. The number of nitrogens with one attached hydrogen (secondary N) is 2. The van der Waals surface area contributed by atoms with E-state index in [-0.39, 0.29) is 24.0 Å². The van der Waals surface area contributed by atoms with Crippen molar-refractivity contribution in [3.05, 3.63) is 29.3 Å². The third-order valence-electron chi connectivity index (χ3n) is 4.44. The number of guanidine groups is 1. The quantitative estimate of drug-likeness (QED) is 0.399. The molecule has 2 N–H and O–H groups in total. The van der Waals surface area contributed by atoms with E-state index < -0.39 is 0 Å². The van der Waals surface area contributed by atoms with E-state index in [4.69, 9.17) is 0 Å². The molecule has 0 amide bonds. The molecule has 0 aromatic heterocycles. The van der Waals surface area contributed by atoms with Crippen LogP contribution in [-0.2, 0) is 6.54 Å². The Morgan fingerprint density at radius 2 is 2.08 bits per heavy atom. The Morgan fingerprint density at radius 1 is 1.33 bits per heavy atom. The van der Waals surface area contributed by atoms with Crippen LogP contribution in [0.15, 0.2) is 23.2 Å². The van der Waals surface area contributed by atoms with Crippen LogP contribution in [0.5, 0.6) is 0 Å². The monoisotopic (exact) mass is 462 g/mol. The standard InChI is InChI=1S/C18H30N4S.HI/c1-14-11-16(22(4)5)8-7-15(14)12-20-17(19-3)21-13-18(2)9-6-10-23-18;/h7-8,11H,6,9-10,12-13H2,1-5H3,(H2,19,20,21);1H. The predicted molar refractivity (Wildman–Crippen MR) is 119 cm³/mol. The first-order valence-electron chi connectivity index (χ1n) is 8.29. The van der Waals surface area contributed by atoms with E-state index in [1.165, 1.54) is 35.4 Å². The average molecular weight is 462 g/mol. The molecule has 1 saturated heterocycles. The number of halogens is 1. The van der Waals surface area contributed by atoms with Crippen molar-refractivity contribution in [3.8, 4) is 0 Å². The molecule has 1 fully saturated rings. The van der Waals surface area contributed by atoms with Gasteiger partial charge in [-0.2, -0.15) is 11.8 Å². The minimum atomic E-state index is 0. The first-order chi connectivity index (χ1) is 10.9. The average Bonchev–Trinajstić information content (AvgIpc) is 2.95. The Morgan fingerprint density at radius 3 is 2.62 bits per heavy atom. The summed E-state index contributed by atoms with van der Waals surface area (Å²) in [6.07, 6.45) is 2.61. The third kappa shape index (κ3) is 6.02. The summed E-state index contributed by atoms with van der Waals surface area (Å²) < 4.78 is 0.348. The Bertz CT molecular complexity index is 554. The van der Waals surface area contributed by atoms with Crippen LogP contribution in [0.4, 0.5) is 5.69 Å². The van der Waals surface area contributed by atoms with E-state index in [9.17, 15) is 0 Å². The van der Waals surface area contributed by atoms with Crippen LogP contribution in [0.3, 0.4) is 0 Å². The lowest BCUT2D eigenvalue weighted by molar-refractivity contribution is 0.584. The minimum absolute atomic E-state index is 0. The predicted octanol–water partition coefficient (Wildman–Crippen LogP) is 3.63. The third-order valence-corrected chi connectivity index (χ3v) is 5.98. The summed E-state index contributed by atoms with van der Waals surface area (Å²) in [7, 11) is 5.97. The van der Waals surface area contributed by atoms with Gasteiger partial charge in [-0.3, -0.25) is 4.99 Å². The van der Waals surface area contributed by atoms with Gasteiger partial charge in [-0.1, -0.05) is 6.07 Å². The smallest absolute Gasteiger partial charge is 0.191 e. The second kappa shape index (κ2) is 9.75. The fourth-order valence-corrected chi connectivity index (χ4v) is 4.05. The maximum atomic E-state index is 4.35. The van der Waals surface area contributed by atoms with Gasteiger partial charge in [0.1, 0.15) is 0 Å². The zero-order chi connectivity index (χ0) is 16.9. The first-order valence-corrected chi connectivity index (χ1v) is 9.27. The molecule has 136 valence electrons. The molecular weight excluding hydrogens is 431 g/mol. The molecule has 0 radical (unpaired) electrons. The second-order valence-electron chi connectivity index (χ2n) is 6.69. The maximum Gasteiger partial charge on any atom is 0.191 e. The summed E-state index contributed by atoms with van der Waals surface area (Å²) in [4.78, 5) is 6.48. The zero-order valence-corrected chi connectivity index (χ0v) is 18.6. The molecule has 0 aliphatic carbocycles. The molecule has 1 heterocycles. The fraction of sp³-hybridized carbons (Fsp3) is 0.611. The van der Waals surface area contributed by atoms with E-state index in [2.05, 4.69) is 78.4 Å². The van der Waals surface area contributed by atoms with Crippen LogP contribution in [-0.4, -0.2) is 44.1 Å². The van der Waals surface area contributed by atoms with Crippen molar-refractivity contribution in [3.63, 3.8) is 0 Å². The minimum Gasteiger partial charge on any atom is -0.378 e. The molecule has 1 unspecified atom stereocenters. The zero-order valence-electron chi connectivity index (χ0n) is 15.5. The molecule has 1 aliphatic rings. The van der Waals surface area contributed by atoms with Gasteiger partial charge in [-0.05, 0) is 55.7 Å². The van der Waals surface area contributed by atoms with Crippen molar-refractivity contribution in [1.29, 1.82) is 0 Å². The molecule has 1 aromatic rings. The Balaban J connectivity index is 0.00000288. The van der Waals surface area contributed by atoms with Gasteiger partial charge in [0.25, 0.3) is 0 Å². The molecule has 1 aliphatic heterocycles. The van der Waals surface area contributed by atoms with Crippen LogP contribution in [0, 0.1) is 6.92 Å². The number of anilines is 1. The maximum absolute atomic E-state index is 4.35. The molecule has 0 spiro atoms. The summed E-state index contributed by atoms with van der Waals surface area (Å²) in [6.45, 7) is 6.27. The van der Waals surface area contributed by atoms with Crippen LogP contribution >= 0.6 is 35.7 Å². The molecular formula is C18H31IN4S. The van der Waals surface area contributed by atoms with Crippen LogP contribution < -0.4 is 15.5 Å². The summed E-state index contributed by atoms with van der Waals surface area (Å²) in [6, 6.07) is 6.58. The number of rotatable bonds is 5. The largest absolute Gasteiger partial charge is 0.378 e. The van der Waals surface area contributed by atoms with E-state index in [1.54, 1.807) is 0 Å². The highest BCUT2D eigenvalue weighted by Gasteiger charge is 2.29. The van der Waals surface area contributed by atoms with Crippen molar-refractivity contribution in [2.75, 3.05) is 38.3 Å². The highest BCUT2D eigenvalue weighted by Crippen LogP contribution is 2.36. The number of thioether (sulfide) groups is 1. The number of aryl methyl sites for hydroxylation is 1. The molecule has 2 rings (SSSR count). The Labute approximate surface area is 168 Å². The second-order valence-corrected chi connectivity index (χ2v) is 8.37. The Kier molecular flexibility index (Phi) is 8.70. The van der Waals surface area contributed by atoms with Gasteiger partial charge in [-0.15, -0.1) is 24.0 Å². The highest BCUT2D eigenvalue weighted by molar-refractivity contribution is 14.0. The number of aliphatic imine (C=N–C) groups is 1. The van der Waals surface area contributed by atoms with Gasteiger partial charge >= 0.3 is 0 Å². The summed E-state index contributed by atoms with van der Waals surface area (Å²) in [5.74, 6) is 2.16. The van der Waals surface area contributed by atoms with Gasteiger partial charge in [0.05, 0.1) is 0 Å². The number of nitrogens with zero attached hydrogens (tertiary/aromatic N) is 2. The van der Waals surface area contributed by atoms with Crippen molar-refractivity contribution < 1.29 is 0 Å². The van der Waals surface area contributed by atoms with Crippen LogP contribution in [0.2, 0.25) is 0 Å². The molecule has 0 saturated carbocycles. The topological polar surface area (TPSA) is 39.7 Å². The molecule has 1 aromatic carbocycles. The molecule has 24 heavy (non-hydrogen) atoms. The number of benzene rings is 1. The van der Waals surface area contributed by atoms with E-state index in [0.717, 1.165) is 19.0 Å². The normalized spacial score (nSPS) is 20.5. The van der Waals surface area contributed by atoms with Crippen molar-refractivity contribution in [2.24, 2.45) is 4.99 Å². The summed E-state index contributed by atoms with van der Waals surface area (Å²) in [5, 5.41) is 6.91. The fourth-order valence-electron chi connectivity index (χ4n) is 2.80. The molecule has 6 heteroatoms. The van der Waals surface area contributed by atoms with Crippen molar-refractivity contribution in [1.82, 2.24) is 10.6 Å². The van der Waals surface area contributed by atoms with Crippen molar-refractivity contribution >= 4 is 47.4 Å². The van der Waals surface area contributed by atoms with Gasteiger partial charge in [0.15, 0.2) is 5.96 Å². The SMILES string of the molecule is CN=C(NCc1ccc(N(C)C)cc1C)NCC1(C)CCCS1.I. The van der Waals surface area contributed by atoms with E-state index in [1.807, 2.05) is 7.05 Å². The highest BCUT2D eigenvalue weighted by atomic mass is 127. The first kappa shape index (κ1) is 21.4. The van der Waals surface area contributed by atoms with Gasteiger partial charge in [0, 0.05) is 44.7 Å². The number of hydrogen-bond donors (Lipinski definition) is 2. The van der Waals surface area contributed by atoms with Crippen LogP contribution in [0.25, 0.3) is 0 Å².